The average molecular weight is 227 g/mol. The third-order valence-corrected chi connectivity index (χ3v) is 1.27. The minimum absolute atomic E-state index is 0.714. The molecule has 2 nitrogen and oxygen atoms in total. The maximum Gasteiger partial charge on any atom is 0.119 e. The molecule has 0 aromatic heterocycles. The molecular formula is C8H19BrO2. The Kier molecular flexibility index (Phi) is 50.4. The van der Waals surface area contributed by atoms with E-state index in [0.717, 1.165) is 31.6 Å². The Hall–Kier alpha value is 0.110. The molecule has 0 fully saturated rings. The number of unbranched alkanes of at least 4 members (excludes halogenated alkanes) is 2. The lowest BCUT2D eigenvalue weighted by atomic mass is 10.3. The third-order valence-electron chi connectivity index (χ3n) is 0.706. The second-order valence-corrected chi connectivity index (χ2v) is 2.14. The van der Waals surface area contributed by atoms with Crippen molar-refractivity contribution in [3.63, 3.8) is 0 Å². The highest BCUT2D eigenvalue weighted by Crippen LogP contribution is 1.94. The first-order valence-electron chi connectivity index (χ1n) is 3.86. The Morgan fingerprint density at radius 2 is 1.73 bits per heavy atom. The van der Waals surface area contributed by atoms with Crippen molar-refractivity contribution in [3.8, 4) is 0 Å². The number of alkyl halides is 1. The summed E-state index contributed by atoms with van der Waals surface area (Å²) in [7, 11) is 1.00. The molecule has 3 heteroatoms. The van der Waals surface area contributed by atoms with Gasteiger partial charge in [0.2, 0.25) is 0 Å². The van der Waals surface area contributed by atoms with E-state index in [2.05, 4.69) is 15.9 Å². The zero-order chi connectivity index (χ0) is 9.54. The Bertz CT molecular complexity index is 49.4. The summed E-state index contributed by atoms with van der Waals surface area (Å²) in [6.45, 7) is 4.00. The lowest BCUT2D eigenvalue weighted by Gasteiger charge is -1.84. The molecule has 0 aromatic carbocycles. The van der Waals surface area contributed by atoms with Gasteiger partial charge in [-0.3, -0.25) is 0 Å². The number of aliphatic hydroxyl groups is 1. The number of carbonyl (C=O) groups excluding carboxylic acids is 1. The molecule has 0 unspecified atom stereocenters. The molecule has 1 N–H and O–H groups in total. The molecule has 70 valence electrons. The summed E-state index contributed by atoms with van der Waals surface area (Å²) in [6.07, 6.45) is 3.81. The zero-order valence-corrected chi connectivity index (χ0v) is 9.23. The molecule has 0 aliphatic heterocycles. The molecule has 0 amide bonds. The van der Waals surface area contributed by atoms with Crippen molar-refractivity contribution in [1.29, 1.82) is 0 Å². The largest absolute Gasteiger partial charge is 0.400 e. The maximum atomic E-state index is 9.66. The minimum Gasteiger partial charge on any atom is -0.400 e. The van der Waals surface area contributed by atoms with Crippen molar-refractivity contribution in [3.05, 3.63) is 0 Å². The SMILES string of the molecule is CC.CO.O=CCCCCBr. The predicted octanol–water partition coefficient (Wildman–Crippen LogP) is 2.39. The first-order valence-corrected chi connectivity index (χ1v) is 4.98. The second kappa shape index (κ2) is 32.1. The van der Waals surface area contributed by atoms with E-state index in [9.17, 15) is 4.79 Å². The summed E-state index contributed by atoms with van der Waals surface area (Å²) >= 11 is 3.26. The van der Waals surface area contributed by atoms with Gasteiger partial charge < -0.3 is 9.90 Å². The first-order chi connectivity index (χ1) is 5.41. The lowest BCUT2D eigenvalue weighted by Crippen LogP contribution is -1.76. The van der Waals surface area contributed by atoms with Gasteiger partial charge in [0, 0.05) is 18.9 Å². The van der Waals surface area contributed by atoms with Crippen LogP contribution in [0.1, 0.15) is 33.1 Å². The van der Waals surface area contributed by atoms with Crippen molar-refractivity contribution < 1.29 is 9.90 Å². The van der Waals surface area contributed by atoms with Gasteiger partial charge in [0.25, 0.3) is 0 Å². The molecule has 0 radical (unpaired) electrons. The van der Waals surface area contributed by atoms with Crippen LogP contribution < -0.4 is 0 Å². The summed E-state index contributed by atoms with van der Waals surface area (Å²) in [4.78, 5) is 9.66. The molecular weight excluding hydrogens is 208 g/mol. The van der Waals surface area contributed by atoms with Crippen LogP contribution in [0.4, 0.5) is 0 Å². The van der Waals surface area contributed by atoms with E-state index in [1.54, 1.807) is 0 Å². The number of aliphatic hydroxyl groups excluding tert-OH is 1. The van der Waals surface area contributed by atoms with Crippen LogP contribution >= 0.6 is 15.9 Å². The van der Waals surface area contributed by atoms with Crippen LogP contribution in [0.2, 0.25) is 0 Å². The quantitative estimate of drug-likeness (QED) is 0.455. The highest BCUT2D eigenvalue weighted by atomic mass is 79.9. The van der Waals surface area contributed by atoms with Crippen LogP contribution in [0.15, 0.2) is 0 Å². The Morgan fingerprint density at radius 3 is 2.00 bits per heavy atom. The number of rotatable bonds is 4. The molecule has 0 heterocycles. The van der Waals surface area contributed by atoms with Crippen LogP contribution in [-0.4, -0.2) is 23.8 Å². The van der Waals surface area contributed by atoms with Gasteiger partial charge in [-0.2, -0.15) is 0 Å². The topological polar surface area (TPSA) is 37.3 Å². The fraction of sp³-hybridized carbons (Fsp3) is 0.875. The molecule has 0 rings (SSSR count). The Balaban J connectivity index is -0.000000138. The van der Waals surface area contributed by atoms with Gasteiger partial charge in [0.1, 0.15) is 6.29 Å². The molecule has 0 aliphatic rings. The Labute approximate surface area is 78.1 Å². The van der Waals surface area contributed by atoms with Crippen molar-refractivity contribution in [1.82, 2.24) is 0 Å². The summed E-state index contributed by atoms with van der Waals surface area (Å²) < 4.78 is 0. The average Bonchev–Trinajstić information content (AvgIpc) is 2.13. The molecule has 11 heavy (non-hydrogen) atoms. The second-order valence-electron chi connectivity index (χ2n) is 1.35. The van der Waals surface area contributed by atoms with Crippen molar-refractivity contribution >= 4 is 22.2 Å². The van der Waals surface area contributed by atoms with Crippen molar-refractivity contribution in [2.45, 2.75) is 33.1 Å². The van der Waals surface area contributed by atoms with Crippen LogP contribution in [0.3, 0.4) is 0 Å². The van der Waals surface area contributed by atoms with E-state index in [4.69, 9.17) is 5.11 Å². The highest BCUT2D eigenvalue weighted by Gasteiger charge is 1.81. The van der Waals surface area contributed by atoms with Gasteiger partial charge in [-0.25, -0.2) is 0 Å². The van der Waals surface area contributed by atoms with Gasteiger partial charge >= 0.3 is 0 Å². The van der Waals surface area contributed by atoms with E-state index < -0.39 is 0 Å². The monoisotopic (exact) mass is 226 g/mol. The van der Waals surface area contributed by atoms with Gasteiger partial charge in [-0.1, -0.05) is 29.8 Å². The third kappa shape index (κ3) is 39.4. The molecule has 0 saturated carbocycles. The number of hydrogen-bond donors (Lipinski definition) is 1. The van der Waals surface area contributed by atoms with Crippen LogP contribution in [-0.2, 0) is 4.79 Å². The summed E-state index contributed by atoms with van der Waals surface area (Å²) in [5, 5.41) is 8.01. The zero-order valence-electron chi connectivity index (χ0n) is 7.64. The van der Waals surface area contributed by atoms with E-state index in [-0.39, 0.29) is 0 Å². The Morgan fingerprint density at radius 1 is 1.27 bits per heavy atom. The number of carbonyl (C=O) groups is 1. The molecule has 0 saturated heterocycles. The fourth-order valence-corrected chi connectivity index (χ4v) is 0.719. The van der Waals surface area contributed by atoms with Crippen molar-refractivity contribution in [2.75, 3.05) is 12.4 Å². The molecule has 0 aliphatic carbocycles. The molecule has 0 spiro atoms. The standard InChI is InChI=1S/C5H9BrO.C2H6.CH4O/c6-4-2-1-3-5-7;2*1-2/h5H,1-4H2;1-2H3;2H,1H3. The van der Waals surface area contributed by atoms with E-state index >= 15 is 0 Å². The van der Waals surface area contributed by atoms with Gasteiger partial charge in [0.05, 0.1) is 0 Å². The minimum atomic E-state index is 0.714. The van der Waals surface area contributed by atoms with Gasteiger partial charge in [-0.15, -0.1) is 0 Å². The number of aldehydes is 1. The summed E-state index contributed by atoms with van der Waals surface area (Å²) in [5.41, 5.74) is 0. The summed E-state index contributed by atoms with van der Waals surface area (Å²) in [6, 6.07) is 0. The van der Waals surface area contributed by atoms with Gasteiger partial charge in [0.15, 0.2) is 0 Å². The van der Waals surface area contributed by atoms with Crippen LogP contribution in [0, 0.1) is 0 Å². The number of hydrogen-bond acceptors (Lipinski definition) is 2. The normalized spacial score (nSPS) is 6.64. The predicted molar refractivity (Wildman–Crippen MR) is 53.2 cm³/mol. The van der Waals surface area contributed by atoms with Gasteiger partial charge in [-0.05, 0) is 12.8 Å². The van der Waals surface area contributed by atoms with Crippen molar-refractivity contribution in [2.24, 2.45) is 0 Å². The fourth-order valence-electron chi connectivity index (χ4n) is 0.322. The van der Waals surface area contributed by atoms with Crippen LogP contribution in [0.5, 0.6) is 0 Å². The highest BCUT2D eigenvalue weighted by molar-refractivity contribution is 9.09. The molecule has 0 bridgehead atoms. The number of halogens is 1. The van der Waals surface area contributed by atoms with E-state index in [1.165, 1.54) is 0 Å². The summed E-state index contributed by atoms with van der Waals surface area (Å²) in [5.74, 6) is 0. The lowest BCUT2D eigenvalue weighted by molar-refractivity contribution is -0.107. The van der Waals surface area contributed by atoms with Crippen LogP contribution in [0.25, 0.3) is 0 Å². The maximum absolute atomic E-state index is 9.66. The van der Waals surface area contributed by atoms with E-state index in [1.807, 2.05) is 13.8 Å². The smallest absolute Gasteiger partial charge is 0.119 e. The van der Waals surface area contributed by atoms with E-state index in [0.29, 0.717) is 6.42 Å². The molecule has 0 aromatic rings. The first kappa shape index (κ1) is 17.3. The molecule has 0 atom stereocenters.